The Balaban J connectivity index is 1.79. The molecule has 3 rings (SSSR count). The zero-order valence-electron chi connectivity index (χ0n) is 13.1. The summed E-state index contributed by atoms with van der Waals surface area (Å²) in [5.74, 6) is 0.864. The first-order valence-corrected chi connectivity index (χ1v) is 8.25. The maximum Gasteiger partial charge on any atom is 0.254 e. The Labute approximate surface area is 139 Å². The second-order valence-electron chi connectivity index (χ2n) is 5.93. The lowest BCUT2D eigenvalue weighted by Gasteiger charge is -2.27. The molecule has 1 aromatic heterocycles. The van der Waals surface area contributed by atoms with Crippen molar-refractivity contribution in [2.24, 2.45) is 0 Å². The number of aromatic amines is 1. The molecule has 2 N–H and O–H groups in total. The number of nitrogens with one attached hydrogen (secondary N) is 1. The van der Waals surface area contributed by atoms with Gasteiger partial charge in [0.2, 0.25) is 0 Å². The zero-order valence-corrected chi connectivity index (χ0v) is 13.9. The van der Waals surface area contributed by atoms with Gasteiger partial charge in [-0.1, -0.05) is 24.6 Å². The molecular weight excluding hydrogens is 314 g/mol. The largest absolute Gasteiger partial charge is 0.506 e. The molecule has 23 heavy (non-hydrogen) atoms. The molecule has 0 fully saturated rings. The molecule has 0 saturated carbocycles. The minimum absolute atomic E-state index is 0.00535. The van der Waals surface area contributed by atoms with Gasteiger partial charge in [0.15, 0.2) is 0 Å². The molecule has 0 radical (unpaired) electrons. The number of phenolic OH excluding ortho intramolecular Hbond substituents is 1. The van der Waals surface area contributed by atoms with Crippen LogP contribution in [0, 0.1) is 0 Å². The number of H-pyrrole nitrogens is 1. The van der Waals surface area contributed by atoms with Crippen LogP contribution in [0.1, 0.15) is 36.0 Å². The van der Waals surface area contributed by atoms with E-state index < -0.39 is 0 Å². The highest BCUT2D eigenvalue weighted by atomic mass is 35.5. The average molecular weight is 334 g/mol. The minimum atomic E-state index is 0.00535. The second kappa shape index (κ2) is 6.72. The summed E-state index contributed by atoms with van der Waals surface area (Å²) in [5.41, 5.74) is 2.74. The monoisotopic (exact) mass is 333 g/mol. The molecule has 0 bridgehead atoms. The molecule has 0 spiro atoms. The van der Waals surface area contributed by atoms with Crippen LogP contribution in [0.15, 0.2) is 23.0 Å². The quantitative estimate of drug-likeness (QED) is 0.902. The fourth-order valence-corrected chi connectivity index (χ4v) is 3.15. The SMILES string of the molecule is CCCc1nc2c(c(=O)[nH]1)CCN(Cc1ccc(O)c(Cl)c1)C2. The standard InChI is InChI=1S/C17H20ClN3O2/c1-2-3-16-19-14-10-21(7-6-12(14)17(23)20-16)9-11-4-5-15(22)13(18)8-11/h4-5,8,22H,2-3,6-7,9-10H2,1H3,(H,19,20,23). The summed E-state index contributed by atoms with van der Waals surface area (Å²) < 4.78 is 0. The third kappa shape index (κ3) is 3.57. The lowest BCUT2D eigenvalue weighted by atomic mass is 10.1. The van der Waals surface area contributed by atoms with Gasteiger partial charge in [0.05, 0.1) is 10.7 Å². The van der Waals surface area contributed by atoms with E-state index in [0.29, 0.717) is 18.0 Å². The highest BCUT2D eigenvalue weighted by molar-refractivity contribution is 6.32. The molecule has 1 aliphatic rings. The van der Waals surface area contributed by atoms with E-state index in [0.717, 1.165) is 48.6 Å². The number of aromatic nitrogens is 2. The first kappa shape index (κ1) is 16.0. The second-order valence-corrected chi connectivity index (χ2v) is 6.34. The van der Waals surface area contributed by atoms with Crippen molar-refractivity contribution in [3.05, 3.63) is 56.2 Å². The fourth-order valence-electron chi connectivity index (χ4n) is 2.94. The maximum atomic E-state index is 12.1. The lowest BCUT2D eigenvalue weighted by molar-refractivity contribution is 0.240. The summed E-state index contributed by atoms with van der Waals surface area (Å²) in [5, 5.41) is 9.86. The van der Waals surface area contributed by atoms with Crippen LogP contribution in [0.2, 0.25) is 5.02 Å². The van der Waals surface area contributed by atoms with Crippen LogP contribution in [-0.4, -0.2) is 26.5 Å². The van der Waals surface area contributed by atoms with E-state index >= 15 is 0 Å². The normalized spacial score (nSPS) is 14.7. The molecule has 2 heterocycles. The van der Waals surface area contributed by atoms with Crippen LogP contribution >= 0.6 is 11.6 Å². The van der Waals surface area contributed by atoms with Gasteiger partial charge in [-0.3, -0.25) is 9.69 Å². The van der Waals surface area contributed by atoms with Gasteiger partial charge >= 0.3 is 0 Å². The van der Waals surface area contributed by atoms with Crippen molar-refractivity contribution in [1.82, 2.24) is 14.9 Å². The van der Waals surface area contributed by atoms with Gasteiger partial charge in [-0.15, -0.1) is 0 Å². The van der Waals surface area contributed by atoms with Gasteiger partial charge in [0, 0.05) is 31.6 Å². The molecule has 2 aromatic rings. The number of hydrogen-bond donors (Lipinski definition) is 2. The van der Waals surface area contributed by atoms with Crippen LogP contribution in [-0.2, 0) is 25.9 Å². The average Bonchev–Trinajstić information content (AvgIpc) is 2.51. The van der Waals surface area contributed by atoms with Crippen LogP contribution < -0.4 is 5.56 Å². The van der Waals surface area contributed by atoms with Gasteiger partial charge in [0.1, 0.15) is 11.6 Å². The first-order valence-electron chi connectivity index (χ1n) is 7.87. The molecular formula is C17H20ClN3O2. The Morgan fingerprint density at radius 3 is 3.00 bits per heavy atom. The molecule has 1 aliphatic heterocycles. The van der Waals surface area contributed by atoms with E-state index in [1.54, 1.807) is 12.1 Å². The van der Waals surface area contributed by atoms with Gasteiger partial charge in [-0.2, -0.15) is 0 Å². The van der Waals surface area contributed by atoms with Gasteiger partial charge < -0.3 is 10.1 Å². The van der Waals surface area contributed by atoms with E-state index in [1.165, 1.54) is 0 Å². The number of benzene rings is 1. The molecule has 6 heteroatoms. The Hall–Kier alpha value is -1.85. The topological polar surface area (TPSA) is 69.2 Å². The predicted octanol–water partition coefficient (Wildman–Crippen LogP) is 2.64. The van der Waals surface area contributed by atoms with Gasteiger partial charge in [-0.25, -0.2) is 4.98 Å². The molecule has 0 aliphatic carbocycles. The summed E-state index contributed by atoms with van der Waals surface area (Å²) in [4.78, 5) is 21.9. The number of fused-ring (bicyclic) bond motifs is 1. The lowest BCUT2D eigenvalue weighted by Crippen LogP contribution is -2.35. The summed E-state index contributed by atoms with van der Waals surface area (Å²) in [7, 11) is 0. The van der Waals surface area contributed by atoms with E-state index in [1.807, 2.05) is 6.07 Å². The number of aromatic hydroxyl groups is 1. The number of phenols is 1. The molecule has 0 atom stereocenters. The Kier molecular flexibility index (Phi) is 4.68. The van der Waals surface area contributed by atoms with E-state index in [-0.39, 0.29) is 11.3 Å². The van der Waals surface area contributed by atoms with Gasteiger partial charge in [0.25, 0.3) is 5.56 Å². The molecule has 0 amide bonds. The summed E-state index contributed by atoms with van der Waals surface area (Å²) in [6, 6.07) is 5.25. The number of halogens is 1. The molecule has 0 unspecified atom stereocenters. The van der Waals surface area contributed by atoms with Crippen molar-refractivity contribution >= 4 is 11.6 Å². The molecule has 0 saturated heterocycles. The Bertz CT molecular complexity index is 773. The van der Waals surface area contributed by atoms with Crippen molar-refractivity contribution in [1.29, 1.82) is 0 Å². The number of nitrogens with zero attached hydrogens (tertiary/aromatic N) is 2. The van der Waals surface area contributed by atoms with Gasteiger partial charge in [-0.05, 0) is 30.5 Å². The van der Waals surface area contributed by atoms with Crippen molar-refractivity contribution in [3.63, 3.8) is 0 Å². The highest BCUT2D eigenvalue weighted by Crippen LogP contribution is 2.25. The third-order valence-corrected chi connectivity index (χ3v) is 4.41. The first-order chi connectivity index (χ1) is 11.1. The Morgan fingerprint density at radius 2 is 2.26 bits per heavy atom. The highest BCUT2D eigenvalue weighted by Gasteiger charge is 2.21. The van der Waals surface area contributed by atoms with E-state index in [4.69, 9.17) is 11.6 Å². The van der Waals surface area contributed by atoms with Crippen LogP contribution in [0.5, 0.6) is 5.75 Å². The van der Waals surface area contributed by atoms with Crippen LogP contribution in [0.3, 0.4) is 0 Å². The Morgan fingerprint density at radius 1 is 1.43 bits per heavy atom. The van der Waals surface area contributed by atoms with Crippen molar-refractivity contribution in [3.8, 4) is 5.75 Å². The number of hydrogen-bond acceptors (Lipinski definition) is 4. The minimum Gasteiger partial charge on any atom is -0.506 e. The number of rotatable bonds is 4. The van der Waals surface area contributed by atoms with Crippen molar-refractivity contribution < 1.29 is 5.11 Å². The van der Waals surface area contributed by atoms with E-state index in [9.17, 15) is 9.90 Å². The summed E-state index contributed by atoms with van der Waals surface area (Å²) in [6.45, 7) is 4.26. The third-order valence-electron chi connectivity index (χ3n) is 4.11. The fraction of sp³-hybridized carbons (Fsp3) is 0.412. The van der Waals surface area contributed by atoms with E-state index in [2.05, 4.69) is 21.8 Å². The van der Waals surface area contributed by atoms with Crippen LogP contribution in [0.25, 0.3) is 0 Å². The maximum absolute atomic E-state index is 12.1. The molecule has 122 valence electrons. The summed E-state index contributed by atoms with van der Waals surface area (Å²) in [6.07, 6.45) is 2.45. The zero-order chi connectivity index (χ0) is 16.4. The molecule has 5 nitrogen and oxygen atoms in total. The van der Waals surface area contributed by atoms with Crippen LogP contribution in [0.4, 0.5) is 0 Å². The smallest absolute Gasteiger partial charge is 0.254 e. The number of aryl methyl sites for hydroxylation is 1. The van der Waals surface area contributed by atoms with Crippen molar-refractivity contribution in [2.75, 3.05) is 6.54 Å². The van der Waals surface area contributed by atoms with Crippen molar-refractivity contribution in [2.45, 2.75) is 39.3 Å². The predicted molar refractivity (Wildman–Crippen MR) is 89.8 cm³/mol. The summed E-state index contributed by atoms with van der Waals surface area (Å²) >= 11 is 5.96. The molecule has 1 aromatic carbocycles.